The summed E-state index contributed by atoms with van der Waals surface area (Å²) in [5.74, 6) is 1.63. The summed E-state index contributed by atoms with van der Waals surface area (Å²) in [5, 5.41) is 6.61. The molecule has 0 amide bonds. The maximum absolute atomic E-state index is 5.79. The van der Waals surface area contributed by atoms with Crippen LogP contribution in [0.5, 0.6) is 0 Å². The lowest BCUT2D eigenvalue weighted by atomic mass is 10.0. The van der Waals surface area contributed by atoms with E-state index in [4.69, 9.17) is 4.74 Å². The van der Waals surface area contributed by atoms with E-state index in [0.717, 1.165) is 49.0 Å². The average Bonchev–Trinajstić information content (AvgIpc) is 3.26. The molecule has 136 valence electrons. The van der Waals surface area contributed by atoms with Crippen LogP contribution >= 0.6 is 24.0 Å². The Bertz CT molecular complexity index is 680. The third-order valence-electron chi connectivity index (χ3n) is 4.29. The molecule has 0 saturated carbocycles. The lowest BCUT2D eigenvalue weighted by Crippen LogP contribution is -2.45. The Morgan fingerprint density at radius 3 is 2.80 bits per heavy atom. The molecule has 0 bridgehead atoms. The Kier molecular flexibility index (Phi) is 7.24. The lowest BCUT2D eigenvalue weighted by Gasteiger charge is -2.24. The lowest BCUT2D eigenvalue weighted by molar-refractivity contribution is 0.0243. The summed E-state index contributed by atoms with van der Waals surface area (Å²) in [7, 11) is 1.77. The third-order valence-corrected chi connectivity index (χ3v) is 4.29. The molecule has 0 spiro atoms. The van der Waals surface area contributed by atoms with Gasteiger partial charge < -0.3 is 20.4 Å². The van der Waals surface area contributed by atoms with Crippen LogP contribution in [0, 0.1) is 0 Å². The molecule has 1 unspecified atom stereocenters. The highest BCUT2D eigenvalue weighted by molar-refractivity contribution is 14.0. The number of nitrogens with zero attached hydrogens (tertiary/aromatic N) is 2. The van der Waals surface area contributed by atoms with Gasteiger partial charge in [-0.2, -0.15) is 0 Å². The first-order valence-electron chi connectivity index (χ1n) is 8.36. The Balaban J connectivity index is 0.00000225. The summed E-state index contributed by atoms with van der Waals surface area (Å²) >= 11 is 0. The predicted molar refractivity (Wildman–Crippen MR) is 111 cm³/mol. The van der Waals surface area contributed by atoms with E-state index in [0.29, 0.717) is 6.54 Å². The van der Waals surface area contributed by atoms with Crippen LogP contribution < -0.4 is 10.6 Å². The number of imidazole rings is 1. The fraction of sp³-hybridized carbons (Fsp3) is 0.444. The molecule has 2 heterocycles. The minimum Gasteiger partial charge on any atom is -0.373 e. The van der Waals surface area contributed by atoms with Crippen LogP contribution in [0.25, 0.3) is 11.3 Å². The SMILES string of the molecule is CN=C(NCc1ncc(-c2ccccc2)[nH]1)NCC1(C)CCCO1.I. The summed E-state index contributed by atoms with van der Waals surface area (Å²) in [6, 6.07) is 10.2. The number of aromatic nitrogens is 2. The first-order valence-corrected chi connectivity index (χ1v) is 8.36. The largest absolute Gasteiger partial charge is 0.373 e. The highest BCUT2D eigenvalue weighted by Gasteiger charge is 2.29. The minimum absolute atomic E-state index is 0. The molecular weight excluding hydrogens is 429 g/mol. The number of hydrogen-bond donors (Lipinski definition) is 3. The van der Waals surface area contributed by atoms with Crippen LogP contribution in [0.4, 0.5) is 0 Å². The van der Waals surface area contributed by atoms with Gasteiger partial charge >= 0.3 is 0 Å². The van der Waals surface area contributed by atoms with Gasteiger partial charge in [-0.25, -0.2) is 4.98 Å². The molecule has 3 rings (SSSR count). The molecular formula is C18H26IN5O. The number of rotatable bonds is 5. The van der Waals surface area contributed by atoms with Gasteiger partial charge in [-0.05, 0) is 25.3 Å². The Morgan fingerprint density at radius 2 is 2.12 bits per heavy atom. The predicted octanol–water partition coefficient (Wildman–Crippen LogP) is 2.93. The molecule has 1 saturated heterocycles. The zero-order valence-electron chi connectivity index (χ0n) is 14.7. The van der Waals surface area contributed by atoms with Crippen molar-refractivity contribution in [3.63, 3.8) is 0 Å². The van der Waals surface area contributed by atoms with Crippen molar-refractivity contribution in [2.75, 3.05) is 20.2 Å². The van der Waals surface area contributed by atoms with E-state index < -0.39 is 0 Å². The highest BCUT2D eigenvalue weighted by Crippen LogP contribution is 2.23. The molecule has 6 nitrogen and oxygen atoms in total. The summed E-state index contributed by atoms with van der Waals surface area (Å²) in [6.45, 7) is 4.32. The van der Waals surface area contributed by atoms with Crippen LogP contribution in [0.3, 0.4) is 0 Å². The second kappa shape index (κ2) is 9.19. The average molecular weight is 455 g/mol. The minimum atomic E-state index is -0.0945. The molecule has 3 N–H and O–H groups in total. The maximum Gasteiger partial charge on any atom is 0.191 e. The van der Waals surface area contributed by atoms with Crippen molar-refractivity contribution in [1.82, 2.24) is 20.6 Å². The van der Waals surface area contributed by atoms with Crippen molar-refractivity contribution >= 4 is 29.9 Å². The summed E-state index contributed by atoms with van der Waals surface area (Å²) in [6.07, 6.45) is 4.06. The summed E-state index contributed by atoms with van der Waals surface area (Å²) < 4.78 is 5.79. The molecule has 1 aromatic carbocycles. The van der Waals surface area contributed by atoms with Crippen LogP contribution in [-0.4, -0.2) is 41.7 Å². The number of ether oxygens (including phenoxy) is 1. The second-order valence-electron chi connectivity index (χ2n) is 6.29. The van der Waals surface area contributed by atoms with Crippen molar-refractivity contribution in [1.29, 1.82) is 0 Å². The van der Waals surface area contributed by atoms with Gasteiger partial charge in [0.25, 0.3) is 0 Å². The Hall–Kier alpha value is -1.61. The zero-order valence-corrected chi connectivity index (χ0v) is 17.0. The van der Waals surface area contributed by atoms with E-state index in [1.807, 2.05) is 24.4 Å². The van der Waals surface area contributed by atoms with Crippen molar-refractivity contribution in [3.8, 4) is 11.3 Å². The van der Waals surface area contributed by atoms with Gasteiger partial charge in [-0.15, -0.1) is 24.0 Å². The second-order valence-corrected chi connectivity index (χ2v) is 6.29. The number of guanidine groups is 1. The molecule has 1 aliphatic rings. The van der Waals surface area contributed by atoms with Crippen molar-refractivity contribution < 1.29 is 4.74 Å². The molecule has 1 aromatic heterocycles. The number of nitrogens with one attached hydrogen (secondary N) is 3. The fourth-order valence-corrected chi connectivity index (χ4v) is 2.85. The number of H-pyrrole nitrogens is 1. The van der Waals surface area contributed by atoms with Crippen molar-refractivity contribution in [2.45, 2.75) is 31.9 Å². The van der Waals surface area contributed by atoms with Gasteiger partial charge in [0.2, 0.25) is 0 Å². The molecule has 2 aromatic rings. The van der Waals surface area contributed by atoms with Crippen LogP contribution in [0.2, 0.25) is 0 Å². The van der Waals surface area contributed by atoms with Gasteiger partial charge in [-0.1, -0.05) is 30.3 Å². The molecule has 1 aliphatic heterocycles. The van der Waals surface area contributed by atoms with Crippen molar-refractivity contribution in [3.05, 3.63) is 42.4 Å². The van der Waals surface area contributed by atoms with E-state index in [-0.39, 0.29) is 29.6 Å². The van der Waals surface area contributed by atoms with Crippen LogP contribution in [0.15, 0.2) is 41.5 Å². The number of aliphatic imine (C=N–C) groups is 1. The smallest absolute Gasteiger partial charge is 0.191 e. The normalized spacial score (nSPS) is 20.2. The van der Waals surface area contributed by atoms with Gasteiger partial charge in [0.15, 0.2) is 5.96 Å². The van der Waals surface area contributed by atoms with E-state index in [1.165, 1.54) is 0 Å². The summed E-state index contributed by atoms with van der Waals surface area (Å²) in [4.78, 5) is 12.0. The number of aromatic amines is 1. The van der Waals surface area contributed by atoms with Crippen molar-refractivity contribution in [2.24, 2.45) is 4.99 Å². The fourth-order valence-electron chi connectivity index (χ4n) is 2.85. The third kappa shape index (κ3) is 5.43. The van der Waals surface area contributed by atoms with E-state index >= 15 is 0 Å². The number of hydrogen-bond acceptors (Lipinski definition) is 3. The Labute approximate surface area is 165 Å². The molecule has 0 aliphatic carbocycles. The monoisotopic (exact) mass is 455 g/mol. The summed E-state index contributed by atoms with van der Waals surface area (Å²) in [5.41, 5.74) is 2.05. The zero-order chi connectivity index (χ0) is 16.8. The topological polar surface area (TPSA) is 74.3 Å². The maximum atomic E-state index is 5.79. The standard InChI is InChI=1S/C18H25N5O.HI/c1-18(9-6-10-24-18)13-22-17(19-2)21-12-16-20-11-15(23-16)14-7-4-3-5-8-14;/h3-5,7-8,11H,6,9-10,12-13H2,1-2H3,(H,20,23)(H2,19,21,22);1H. The first kappa shape index (κ1) is 19.7. The van der Waals surface area contributed by atoms with Gasteiger partial charge in [-0.3, -0.25) is 4.99 Å². The number of benzene rings is 1. The number of halogens is 1. The first-order chi connectivity index (χ1) is 11.7. The molecule has 1 atom stereocenters. The molecule has 7 heteroatoms. The molecule has 0 radical (unpaired) electrons. The quantitative estimate of drug-likeness (QED) is 0.368. The molecule has 1 fully saturated rings. The molecule has 25 heavy (non-hydrogen) atoms. The van der Waals surface area contributed by atoms with E-state index in [9.17, 15) is 0 Å². The van der Waals surface area contributed by atoms with Crippen LogP contribution in [-0.2, 0) is 11.3 Å². The Morgan fingerprint density at radius 1 is 1.32 bits per heavy atom. The van der Waals surface area contributed by atoms with Gasteiger partial charge in [0.05, 0.1) is 24.0 Å². The highest BCUT2D eigenvalue weighted by atomic mass is 127. The van der Waals surface area contributed by atoms with Gasteiger partial charge in [0.1, 0.15) is 5.82 Å². The van der Waals surface area contributed by atoms with Gasteiger partial charge in [0, 0.05) is 20.2 Å². The van der Waals surface area contributed by atoms with E-state index in [1.54, 1.807) is 7.05 Å². The van der Waals surface area contributed by atoms with Crippen LogP contribution in [0.1, 0.15) is 25.6 Å². The van der Waals surface area contributed by atoms with E-state index in [2.05, 4.69) is 44.7 Å².